The van der Waals surface area contributed by atoms with Crippen LogP contribution in [0.1, 0.15) is 68.3 Å². The van der Waals surface area contributed by atoms with E-state index in [-0.39, 0.29) is 5.41 Å². The molecule has 0 saturated carbocycles. The predicted octanol–water partition coefficient (Wildman–Crippen LogP) is 3.90. The molecule has 0 radical (unpaired) electrons. The van der Waals surface area contributed by atoms with Gasteiger partial charge in [-0.2, -0.15) is 0 Å². The van der Waals surface area contributed by atoms with Gasteiger partial charge in [-0.3, -0.25) is 9.69 Å². The monoisotopic (exact) mass is 509 g/mol. The predicted molar refractivity (Wildman–Crippen MR) is 140 cm³/mol. The summed E-state index contributed by atoms with van der Waals surface area (Å²) in [4.78, 5) is 27.6. The maximum absolute atomic E-state index is 12.4. The van der Waals surface area contributed by atoms with Gasteiger partial charge in [0.15, 0.2) is 0 Å². The van der Waals surface area contributed by atoms with E-state index >= 15 is 0 Å². The van der Waals surface area contributed by atoms with Gasteiger partial charge in [-0.15, -0.1) is 0 Å². The maximum Gasteiger partial charge on any atom is 0.325 e. The number of rotatable bonds is 12. The lowest BCUT2D eigenvalue weighted by Gasteiger charge is -2.37. The van der Waals surface area contributed by atoms with Gasteiger partial charge in [0.25, 0.3) is 0 Å². The van der Waals surface area contributed by atoms with E-state index in [1.807, 2.05) is 0 Å². The number of aromatic nitrogens is 3. The highest BCUT2D eigenvalue weighted by molar-refractivity contribution is 5.76. The lowest BCUT2D eigenvalue weighted by molar-refractivity contribution is -0.143. The molecule has 2 N–H and O–H groups in total. The first-order chi connectivity index (χ1) is 18.0. The average Bonchev–Trinajstić information content (AvgIpc) is 3.35. The van der Waals surface area contributed by atoms with Gasteiger partial charge in [0, 0.05) is 30.4 Å². The Hall–Kier alpha value is -2.78. The minimum atomic E-state index is -0.884. The summed E-state index contributed by atoms with van der Waals surface area (Å²) >= 11 is 0. The lowest BCUT2D eigenvalue weighted by atomic mass is 9.90. The number of ether oxygens (including phenoxy) is 2. The Morgan fingerprint density at radius 3 is 3.03 bits per heavy atom. The number of fused-ring (bicyclic) bond motifs is 1. The van der Waals surface area contributed by atoms with Crippen LogP contribution in [0.2, 0.25) is 0 Å². The summed E-state index contributed by atoms with van der Waals surface area (Å²) in [5.41, 5.74) is 2.99. The Morgan fingerprint density at radius 2 is 2.22 bits per heavy atom. The molecule has 3 aliphatic rings. The number of pyridine rings is 1. The van der Waals surface area contributed by atoms with Crippen molar-refractivity contribution in [2.75, 3.05) is 44.8 Å². The molecule has 2 fully saturated rings. The van der Waals surface area contributed by atoms with Crippen LogP contribution in [-0.2, 0) is 22.4 Å². The fourth-order valence-electron chi connectivity index (χ4n) is 5.66. The number of hydrogen-bond acceptors (Lipinski definition) is 8. The van der Waals surface area contributed by atoms with Crippen molar-refractivity contribution < 1.29 is 19.4 Å². The number of aryl methyl sites for hydroxylation is 2. The van der Waals surface area contributed by atoms with E-state index in [1.165, 1.54) is 24.0 Å². The lowest BCUT2D eigenvalue weighted by Crippen LogP contribution is -2.44. The van der Waals surface area contributed by atoms with Crippen molar-refractivity contribution in [3.8, 4) is 5.88 Å². The molecule has 0 amide bonds. The number of unbranched alkanes of at least 4 members (excludes halogenated alkanes) is 2. The molecule has 5 rings (SSSR count). The van der Waals surface area contributed by atoms with E-state index in [9.17, 15) is 9.90 Å². The third kappa shape index (κ3) is 6.38. The third-order valence-electron chi connectivity index (χ3n) is 7.87. The quantitative estimate of drug-likeness (QED) is 0.412. The summed E-state index contributed by atoms with van der Waals surface area (Å²) in [5.74, 6) is 1.06. The summed E-state index contributed by atoms with van der Waals surface area (Å²) in [7, 11) is 0. The first kappa shape index (κ1) is 25.9. The zero-order valence-electron chi connectivity index (χ0n) is 21.8. The highest BCUT2D eigenvalue weighted by atomic mass is 16.5. The first-order valence-electron chi connectivity index (χ1n) is 13.7. The number of carboxylic acid groups (broad SMARTS) is 1. The maximum atomic E-state index is 12.4. The Kier molecular flexibility index (Phi) is 8.20. The summed E-state index contributed by atoms with van der Waals surface area (Å²) in [6.07, 6.45) is 11.9. The summed E-state index contributed by atoms with van der Waals surface area (Å²) < 4.78 is 11.3. The van der Waals surface area contributed by atoms with Crippen LogP contribution in [0, 0.1) is 11.3 Å². The number of carboxylic acids is 1. The van der Waals surface area contributed by atoms with Crippen molar-refractivity contribution in [1.82, 2.24) is 19.9 Å². The van der Waals surface area contributed by atoms with Gasteiger partial charge in [-0.25, -0.2) is 15.0 Å². The fraction of sp³-hybridized carbons (Fsp3) is 0.643. The zero-order chi connectivity index (χ0) is 25.7. The third-order valence-corrected chi connectivity index (χ3v) is 7.87. The van der Waals surface area contributed by atoms with Gasteiger partial charge in [0.2, 0.25) is 5.88 Å². The minimum absolute atomic E-state index is 0.0491. The first-order valence-corrected chi connectivity index (χ1v) is 13.7. The number of nitrogens with one attached hydrogen (secondary N) is 1. The second-order valence-electron chi connectivity index (χ2n) is 11.2. The van der Waals surface area contributed by atoms with Crippen molar-refractivity contribution >= 4 is 11.8 Å². The van der Waals surface area contributed by atoms with Crippen LogP contribution in [0.5, 0.6) is 5.88 Å². The highest BCUT2D eigenvalue weighted by Gasteiger charge is 2.38. The summed E-state index contributed by atoms with van der Waals surface area (Å²) in [5, 5.41) is 13.5. The molecule has 2 aromatic rings. The van der Waals surface area contributed by atoms with Crippen LogP contribution in [-0.4, -0.2) is 70.4 Å². The molecule has 0 aromatic carbocycles. The number of hydrogen-bond donors (Lipinski definition) is 2. The Morgan fingerprint density at radius 1 is 1.32 bits per heavy atom. The van der Waals surface area contributed by atoms with Crippen LogP contribution in [0.15, 0.2) is 24.7 Å². The molecular formula is C28H39N5O4. The molecule has 200 valence electrons. The van der Waals surface area contributed by atoms with Crippen LogP contribution in [0.4, 0.5) is 5.82 Å². The van der Waals surface area contributed by atoms with Crippen molar-refractivity contribution in [3.05, 3.63) is 41.5 Å². The second-order valence-corrected chi connectivity index (χ2v) is 11.2. The van der Waals surface area contributed by atoms with E-state index < -0.39 is 12.0 Å². The molecule has 9 heteroatoms. The number of aliphatic carboxylic acids is 1. The molecule has 3 aliphatic heterocycles. The van der Waals surface area contributed by atoms with Crippen LogP contribution in [0.25, 0.3) is 0 Å². The molecule has 0 bridgehead atoms. The normalized spacial score (nSPS) is 21.5. The number of carbonyl (C=O) groups is 1. The summed E-state index contributed by atoms with van der Waals surface area (Å²) in [6, 6.07) is 3.61. The molecule has 1 unspecified atom stereocenters. The molecule has 0 spiro atoms. The van der Waals surface area contributed by atoms with Gasteiger partial charge in [-0.05, 0) is 62.6 Å². The molecule has 0 aliphatic carbocycles. The topological polar surface area (TPSA) is 110 Å². The Bertz CT molecular complexity index is 1080. The average molecular weight is 510 g/mol. The largest absolute Gasteiger partial charge is 0.480 e. The van der Waals surface area contributed by atoms with Crippen molar-refractivity contribution in [2.45, 2.75) is 64.3 Å². The molecular weight excluding hydrogens is 470 g/mol. The van der Waals surface area contributed by atoms with E-state index in [1.54, 1.807) is 6.20 Å². The van der Waals surface area contributed by atoms with Gasteiger partial charge < -0.3 is 19.9 Å². The Balaban J connectivity index is 1.09. The van der Waals surface area contributed by atoms with Gasteiger partial charge >= 0.3 is 5.97 Å². The van der Waals surface area contributed by atoms with Gasteiger partial charge in [-0.1, -0.05) is 25.8 Å². The highest BCUT2D eigenvalue weighted by Crippen LogP contribution is 2.35. The van der Waals surface area contributed by atoms with E-state index in [4.69, 9.17) is 14.5 Å². The fourth-order valence-corrected chi connectivity index (χ4v) is 5.66. The molecule has 9 nitrogen and oxygen atoms in total. The van der Waals surface area contributed by atoms with E-state index in [0.29, 0.717) is 37.2 Å². The van der Waals surface area contributed by atoms with E-state index in [0.717, 1.165) is 70.4 Å². The molecule has 2 aromatic heterocycles. The van der Waals surface area contributed by atoms with Crippen LogP contribution in [0.3, 0.4) is 0 Å². The smallest absolute Gasteiger partial charge is 0.325 e. The van der Waals surface area contributed by atoms with Gasteiger partial charge in [0.05, 0.1) is 25.4 Å². The van der Waals surface area contributed by atoms with Crippen molar-refractivity contribution in [2.24, 2.45) is 11.3 Å². The SMILES string of the molecule is CC1(COc2ncncc2C(C(=O)O)N2CC[C@@H](CCCCCc3ccc4c(n3)NCCC4)C2)COC1. The summed E-state index contributed by atoms with van der Waals surface area (Å²) in [6.45, 7) is 6.38. The van der Waals surface area contributed by atoms with E-state index in [2.05, 4.69) is 39.2 Å². The minimum Gasteiger partial charge on any atom is -0.480 e. The second kappa shape index (κ2) is 11.7. The molecule has 37 heavy (non-hydrogen) atoms. The number of anilines is 1. The van der Waals surface area contributed by atoms with Crippen molar-refractivity contribution in [3.63, 3.8) is 0 Å². The molecule has 2 saturated heterocycles. The number of nitrogens with zero attached hydrogens (tertiary/aromatic N) is 4. The molecule has 5 heterocycles. The number of likely N-dealkylation sites (tertiary alicyclic amines) is 1. The standard InChI is InChI=1S/C28H39N5O4/c1-28(16-36-17-28)18-37-26-23(14-29-19-31-26)24(27(34)35)33-13-11-20(15-33)6-3-2-4-8-22-10-9-21-7-5-12-30-25(21)32-22/h9-10,14,19-20,24H,2-8,11-13,15-18H2,1H3,(H,30,32)(H,34,35)/t20-,24?/m1/s1. The molecule has 2 atom stereocenters. The van der Waals surface area contributed by atoms with Crippen LogP contribution >= 0.6 is 0 Å². The van der Waals surface area contributed by atoms with Crippen molar-refractivity contribution in [1.29, 1.82) is 0 Å². The zero-order valence-corrected chi connectivity index (χ0v) is 21.8. The Labute approximate surface area is 219 Å². The van der Waals surface area contributed by atoms with Gasteiger partial charge in [0.1, 0.15) is 18.2 Å². The van der Waals surface area contributed by atoms with Crippen LogP contribution < -0.4 is 10.1 Å².